The van der Waals surface area contributed by atoms with E-state index >= 15 is 0 Å². The number of nitrogens with one attached hydrogen (secondary N) is 4. The second-order valence-corrected chi connectivity index (χ2v) is 10.5. The first-order valence-corrected chi connectivity index (χ1v) is 13.9. The molecule has 1 aromatic heterocycles. The van der Waals surface area contributed by atoms with Crippen molar-refractivity contribution in [2.45, 2.75) is 63.7 Å². The van der Waals surface area contributed by atoms with E-state index in [0.717, 1.165) is 10.9 Å². The molecule has 5 unspecified atom stereocenters. The number of carbonyl (C=O) groups is 5. The molecule has 13 nitrogen and oxygen atoms in total. The predicted octanol–water partition coefficient (Wildman–Crippen LogP) is 0.447. The average molecular weight is 595 g/mol. The van der Waals surface area contributed by atoms with Gasteiger partial charge in [-0.1, -0.05) is 50.6 Å². The highest BCUT2D eigenvalue weighted by Gasteiger charge is 2.32. The molecule has 3 aromatic rings. The molecule has 43 heavy (non-hydrogen) atoms. The number of H-pyrrole nitrogens is 1. The van der Waals surface area contributed by atoms with Crippen molar-refractivity contribution in [1.82, 2.24) is 20.9 Å². The van der Waals surface area contributed by atoms with Crippen molar-refractivity contribution in [2.75, 3.05) is 0 Å². The summed E-state index contributed by atoms with van der Waals surface area (Å²) in [5.74, 6) is -4.70. The van der Waals surface area contributed by atoms with Crippen LogP contribution in [0.4, 0.5) is 0 Å². The summed E-state index contributed by atoms with van der Waals surface area (Å²) in [7, 11) is 0. The molecule has 0 saturated heterocycles. The van der Waals surface area contributed by atoms with Gasteiger partial charge in [0.15, 0.2) is 0 Å². The standard InChI is InChI=1S/C30H38N6O7/c1-3-16(2)26(32)29(41)35-22(12-17-8-10-19(37)11-9-17)27(39)34-23(28(40)36-24(30(42)43)14-25(31)38)13-18-15-33-21-7-5-4-6-20(18)21/h4-11,15-16,22-24,26,33,37H,3,12-14,32H2,1-2H3,(H2,31,38)(H,34,39)(H,35,41)(H,36,40)(H,42,43). The largest absolute Gasteiger partial charge is 0.508 e. The van der Waals surface area contributed by atoms with E-state index < -0.39 is 60.2 Å². The van der Waals surface area contributed by atoms with Crippen LogP contribution in [0.5, 0.6) is 5.75 Å². The highest BCUT2D eigenvalue weighted by molar-refractivity contribution is 5.95. The molecule has 0 aliphatic rings. The number of primary amides is 1. The van der Waals surface area contributed by atoms with Gasteiger partial charge in [0.2, 0.25) is 23.6 Å². The summed E-state index contributed by atoms with van der Waals surface area (Å²) in [6.45, 7) is 3.70. The van der Waals surface area contributed by atoms with Crippen LogP contribution < -0.4 is 27.4 Å². The molecule has 0 aliphatic heterocycles. The number of aromatic amines is 1. The number of carboxylic acid groups (broad SMARTS) is 1. The van der Waals surface area contributed by atoms with Gasteiger partial charge in [-0.25, -0.2) is 4.79 Å². The molecule has 0 aliphatic carbocycles. The fraction of sp³-hybridized carbons (Fsp3) is 0.367. The topological polar surface area (TPSA) is 230 Å². The van der Waals surface area contributed by atoms with Crippen molar-refractivity contribution in [3.05, 3.63) is 65.9 Å². The zero-order chi connectivity index (χ0) is 31.7. The molecule has 13 heteroatoms. The number of para-hydroxylation sites is 1. The maximum absolute atomic E-state index is 13.7. The summed E-state index contributed by atoms with van der Waals surface area (Å²) in [6, 6.07) is 8.38. The van der Waals surface area contributed by atoms with Crippen LogP contribution in [0.1, 0.15) is 37.8 Å². The van der Waals surface area contributed by atoms with Crippen molar-refractivity contribution in [1.29, 1.82) is 0 Å². The van der Waals surface area contributed by atoms with Crippen LogP contribution in [0.15, 0.2) is 54.7 Å². The fourth-order valence-electron chi connectivity index (χ4n) is 4.53. The first kappa shape index (κ1) is 32.6. The van der Waals surface area contributed by atoms with Crippen molar-refractivity contribution in [3.63, 3.8) is 0 Å². The van der Waals surface area contributed by atoms with Crippen molar-refractivity contribution >= 4 is 40.5 Å². The zero-order valence-electron chi connectivity index (χ0n) is 24.0. The van der Waals surface area contributed by atoms with E-state index in [1.807, 2.05) is 38.1 Å². The van der Waals surface area contributed by atoms with Gasteiger partial charge in [-0.05, 0) is 35.2 Å². The van der Waals surface area contributed by atoms with Gasteiger partial charge in [0, 0.05) is 29.9 Å². The maximum Gasteiger partial charge on any atom is 0.326 e. The lowest BCUT2D eigenvalue weighted by molar-refractivity contribution is -0.143. The van der Waals surface area contributed by atoms with Gasteiger partial charge >= 0.3 is 5.97 Å². The van der Waals surface area contributed by atoms with E-state index in [0.29, 0.717) is 17.5 Å². The molecule has 0 spiro atoms. The summed E-state index contributed by atoms with van der Waals surface area (Å²) in [5, 5.41) is 27.6. The monoisotopic (exact) mass is 594 g/mol. The fourth-order valence-corrected chi connectivity index (χ4v) is 4.53. The number of rotatable bonds is 15. The van der Waals surface area contributed by atoms with Crippen LogP contribution in [-0.2, 0) is 36.8 Å². The number of hydrogen-bond donors (Lipinski definition) is 8. The molecular formula is C30H38N6O7. The number of nitrogens with two attached hydrogens (primary N) is 2. The van der Waals surface area contributed by atoms with Crippen molar-refractivity contribution in [3.8, 4) is 5.75 Å². The molecule has 4 amide bonds. The van der Waals surface area contributed by atoms with Gasteiger partial charge in [-0.2, -0.15) is 0 Å². The van der Waals surface area contributed by atoms with Gasteiger partial charge in [0.1, 0.15) is 23.9 Å². The number of amides is 4. The average Bonchev–Trinajstić information content (AvgIpc) is 3.38. The van der Waals surface area contributed by atoms with Crippen LogP contribution in [0.3, 0.4) is 0 Å². The molecule has 0 saturated carbocycles. The molecule has 230 valence electrons. The zero-order valence-corrected chi connectivity index (χ0v) is 24.0. The lowest BCUT2D eigenvalue weighted by atomic mass is 9.98. The number of carbonyl (C=O) groups excluding carboxylic acids is 4. The van der Waals surface area contributed by atoms with E-state index in [-0.39, 0.29) is 24.5 Å². The Balaban J connectivity index is 1.92. The maximum atomic E-state index is 13.7. The van der Waals surface area contributed by atoms with E-state index in [9.17, 15) is 34.2 Å². The first-order chi connectivity index (χ1) is 20.4. The van der Waals surface area contributed by atoms with Crippen molar-refractivity contribution in [2.24, 2.45) is 17.4 Å². The number of fused-ring (bicyclic) bond motifs is 1. The van der Waals surface area contributed by atoms with E-state index in [2.05, 4.69) is 20.9 Å². The summed E-state index contributed by atoms with van der Waals surface area (Å²) >= 11 is 0. The molecule has 5 atom stereocenters. The number of phenolic OH excluding ortho intramolecular Hbond substituents is 1. The lowest BCUT2D eigenvalue weighted by Gasteiger charge is -2.26. The van der Waals surface area contributed by atoms with Crippen LogP contribution in [0.25, 0.3) is 10.9 Å². The third-order valence-electron chi connectivity index (χ3n) is 7.32. The minimum absolute atomic E-state index is 0.00588. The van der Waals surface area contributed by atoms with E-state index in [4.69, 9.17) is 11.5 Å². The summed E-state index contributed by atoms with van der Waals surface area (Å²) < 4.78 is 0. The molecule has 1 heterocycles. The van der Waals surface area contributed by atoms with Gasteiger partial charge < -0.3 is 42.6 Å². The van der Waals surface area contributed by atoms with Gasteiger partial charge in [0.05, 0.1) is 12.5 Å². The second kappa shape index (κ2) is 14.8. The van der Waals surface area contributed by atoms with Crippen LogP contribution >= 0.6 is 0 Å². The summed E-state index contributed by atoms with van der Waals surface area (Å²) in [4.78, 5) is 66.4. The Bertz CT molecular complexity index is 1450. The first-order valence-electron chi connectivity index (χ1n) is 13.9. The van der Waals surface area contributed by atoms with Gasteiger partial charge in [0.25, 0.3) is 0 Å². The quantitative estimate of drug-likeness (QED) is 0.123. The predicted molar refractivity (Wildman–Crippen MR) is 158 cm³/mol. The summed E-state index contributed by atoms with van der Waals surface area (Å²) in [5.41, 5.74) is 13.3. The normalized spacial score (nSPS) is 14.6. The van der Waals surface area contributed by atoms with E-state index in [1.54, 1.807) is 18.3 Å². The number of aliphatic carboxylic acids is 1. The number of carboxylic acids is 1. The third kappa shape index (κ3) is 9.04. The molecule has 3 rings (SSSR count). The van der Waals surface area contributed by atoms with Crippen LogP contribution in [-0.4, -0.2) is 69.0 Å². The number of phenols is 1. The minimum Gasteiger partial charge on any atom is -0.508 e. The Labute approximate surface area is 248 Å². The Morgan fingerprint density at radius 1 is 0.860 bits per heavy atom. The molecule has 0 radical (unpaired) electrons. The highest BCUT2D eigenvalue weighted by atomic mass is 16.4. The number of aromatic hydroxyl groups is 1. The Hall–Kier alpha value is -4.91. The molecular weight excluding hydrogens is 556 g/mol. The smallest absolute Gasteiger partial charge is 0.326 e. The lowest BCUT2D eigenvalue weighted by Crippen LogP contribution is -2.58. The molecule has 2 aromatic carbocycles. The minimum atomic E-state index is -1.62. The SMILES string of the molecule is CCC(C)C(N)C(=O)NC(Cc1ccc(O)cc1)C(=O)NC(Cc1c[nH]c2ccccc12)C(=O)NC(CC(N)=O)C(=O)O. The van der Waals surface area contributed by atoms with Crippen LogP contribution in [0.2, 0.25) is 0 Å². The Morgan fingerprint density at radius 3 is 2.05 bits per heavy atom. The number of hydrogen-bond acceptors (Lipinski definition) is 7. The second-order valence-electron chi connectivity index (χ2n) is 10.5. The third-order valence-corrected chi connectivity index (χ3v) is 7.32. The Morgan fingerprint density at radius 2 is 1.44 bits per heavy atom. The number of benzene rings is 2. The van der Waals surface area contributed by atoms with Gasteiger partial charge in [-0.3, -0.25) is 19.2 Å². The summed E-state index contributed by atoms with van der Waals surface area (Å²) in [6.07, 6.45) is 1.62. The van der Waals surface area contributed by atoms with Crippen LogP contribution in [0, 0.1) is 5.92 Å². The highest BCUT2D eigenvalue weighted by Crippen LogP contribution is 2.20. The van der Waals surface area contributed by atoms with Gasteiger partial charge in [-0.15, -0.1) is 0 Å². The van der Waals surface area contributed by atoms with Crippen molar-refractivity contribution < 1.29 is 34.2 Å². The molecule has 10 N–H and O–H groups in total. The Kier molecular flexibility index (Phi) is 11.2. The molecule has 0 bridgehead atoms. The number of aromatic nitrogens is 1. The van der Waals surface area contributed by atoms with E-state index in [1.165, 1.54) is 12.1 Å². The molecule has 0 fully saturated rings.